The molecule has 0 aliphatic rings. The molecule has 3 heteroatoms. The van der Waals surface area contributed by atoms with Crippen LogP contribution in [-0.4, -0.2) is 24.9 Å². The Labute approximate surface area is 56.0 Å². The number of hydrogen-bond donors (Lipinski definition) is 1. The molecule has 0 unspecified atom stereocenters. The van der Waals surface area contributed by atoms with Gasteiger partial charge in [-0.3, -0.25) is 5.01 Å². The van der Waals surface area contributed by atoms with Crippen LogP contribution in [0.2, 0.25) is 0 Å². The van der Waals surface area contributed by atoms with Crippen LogP contribution in [0.5, 0.6) is 0 Å². The topological polar surface area (TPSA) is 27.6 Å². The van der Waals surface area contributed by atoms with E-state index < -0.39 is 0 Å². The van der Waals surface area contributed by atoms with Gasteiger partial charge in [0.2, 0.25) is 0 Å². The first kappa shape index (κ1) is 8.01. The van der Waals surface area contributed by atoms with E-state index >= 15 is 0 Å². The fourth-order valence-corrected chi connectivity index (χ4v) is 0.270. The maximum absolute atomic E-state index is 3.91. The highest BCUT2D eigenvalue weighted by Gasteiger charge is 1.75. The van der Waals surface area contributed by atoms with Crippen molar-refractivity contribution in [2.24, 2.45) is 5.10 Å². The average molecular weight is 127 g/mol. The van der Waals surface area contributed by atoms with E-state index in [0.29, 0.717) is 0 Å². The lowest BCUT2D eigenvalue weighted by atomic mass is 10.8. The molecule has 0 saturated carbocycles. The van der Waals surface area contributed by atoms with E-state index in [4.69, 9.17) is 0 Å². The Bertz CT molecular complexity index is 98.5. The average Bonchev–Trinajstić information content (AvgIpc) is 1.89. The van der Waals surface area contributed by atoms with Crippen LogP contribution in [0.1, 0.15) is 6.92 Å². The second kappa shape index (κ2) is 5.15. The van der Waals surface area contributed by atoms with Crippen molar-refractivity contribution in [1.82, 2.24) is 10.3 Å². The highest BCUT2D eigenvalue weighted by Crippen LogP contribution is 1.77. The van der Waals surface area contributed by atoms with E-state index in [9.17, 15) is 0 Å². The number of hydrazone groups is 1. The minimum atomic E-state index is 0.897. The first-order valence-electron chi connectivity index (χ1n) is 2.92. The molecule has 0 rings (SSSR count). The molecular weight excluding hydrogens is 114 g/mol. The molecule has 0 aromatic rings. The van der Waals surface area contributed by atoms with Crippen molar-refractivity contribution in [3.05, 3.63) is 12.8 Å². The quantitative estimate of drug-likeness (QED) is 0.340. The van der Waals surface area contributed by atoms with E-state index in [-0.39, 0.29) is 0 Å². The molecule has 0 spiro atoms. The van der Waals surface area contributed by atoms with Gasteiger partial charge < -0.3 is 5.32 Å². The first-order chi connectivity index (χ1) is 4.31. The zero-order chi connectivity index (χ0) is 7.11. The molecule has 0 amide bonds. The molecule has 0 heterocycles. The van der Waals surface area contributed by atoms with Gasteiger partial charge in [-0.25, -0.2) is 0 Å². The van der Waals surface area contributed by atoms with Gasteiger partial charge in [0.1, 0.15) is 6.34 Å². The summed E-state index contributed by atoms with van der Waals surface area (Å²) in [5, 5.41) is 8.47. The number of hydrogen-bond acceptors (Lipinski definition) is 2. The first-order valence-corrected chi connectivity index (χ1v) is 2.92. The molecular formula is C6H13N3. The summed E-state index contributed by atoms with van der Waals surface area (Å²) in [7, 11) is 1.82. The van der Waals surface area contributed by atoms with Crippen molar-refractivity contribution in [2.75, 3.05) is 13.6 Å². The van der Waals surface area contributed by atoms with E-state index in [0.717, 1.165) is 6.54 Å². The molecule has 0 saturated heterocycles. The van der Waals surface area contributed by atoms with E-state index in [2.05, 4.69) is 17.0 Å². The molecule has 52 valence electrons. The summed E-state index contributed by atoms with van der Waals surface area (Å²) in [6, 6.07) is 0. The van der Waals surface area contributed by atoms with Crippen LogP contribution in [0.4, 0.5) is 0 Å². The molecule has 0 aromatic carbocycles. The van der Waals surface area contributed by atoms with Crippen molar-refractivity contribution in [3.63, 3.8) is 0 Å². The Morgan fingerprint density at radius 3 is 2.89 bits per heavy atom. The number of nitrogens with one attached hydrogen (secondary N) is 1. The van der Waals surface area contributed by atoms with Gasteiger partial charge in [0, 0.05) is 19.8 Å². The summed E-state index contributed by atoms with van der Waals surface area (Å²) >= 11 is 0. The molecule has 0 atom stereocenters. The van der Waals surface area contributed by atoms with E-state index in [1.807, 2.05) is 14.0 Å². The smallest absolute Gasteiger partial charge is 0.109 e. The lowest BCUT2D eigenvalue weighted by molar-refractivity contribution is 0.492. The van der Waals surface area contributed by atoms with Gasteiger partial charge in [-0.15, -0.1) is 0 Å². The molecule has 1 N–H and O–H groups in total. The standard InChI is InChI=1S/C6H13N3/c1-4-7-6-8-9(3)5-2/h5-6H,2,4H2,1,3H3,(H,7,8). The maximum atomic E-state index is 3.91. The van der Waals surface area contributed by atoms with Gasteiger partial charge in [0.15, 0.2) is 0 Å². The summed E-state index contributed by atoms with van der Waals surface area (Å²) in [6.07, 6.45) is 3.27. The molecule has 0 bridgehead atoms. The summed E-state index contributed by atoms with van der Waals surface area (Å²) < 4.78 is 0. The lowest BCUT2D eigenvalue weighted by Gasteiger charge is -2.02. The minimum absolute atomic E-state index is 0.897. The highest BCUT2D eigenvalue weighted by molar-refractivity contribution is 5.53. The van der Waals surface area contributed by atoms with Crippen LogP contribution in [0.25, 0.3) is 0 Å². The third-order valence-electron chi connectivity index (χ3n) is 0.800. The van der Waals surface area contributed by atoms with Crippen LogP contribution in [0.15, 0.2) is 17.9 Å². The molecule has 3 nitrogen and oxygen atoms in total. The summed E-state index contributed by atoms with van der Waals surface area (Å²) in [4.78, 5) is 0. The predicted octanol–water partition coefficient (Wildman–Crippen LogP) is 0.615. The van der Waals surface area contributed by atoms with Gasteiger partial charge >= 0.3 is 0 Å². The normalized spacial score (nSPS) is 9.56. The Morgan fingerprint density at radius 2 is 2.44 bits per heavy atom. The Morgan fingerprint density at radius 1 is 1.78 bits per heavy atom. The highest BCUT2D eigenvalue weighted by atomic mass is 15.4. The van der Waals surface area contributed by atoms with Crippen LogP contribution < -0.4 is 5.32 Å². The third kappa shape index (κ3) is 4.87. The van der Waals surface area contributed by atoms with Crippen LogP contribution in [0, 0.1) is 0 Å². The van der Waals surface area contributed by atoms with Gasteiger partial charge in [0.05, 0.1) is 0 Å². The summed E-state index contributed by atoms with van der Waals surface area (Å²) in [5.41, 5.74) is 0. The van der Waals surface area contributed by atoms with Gasteiger partial charge in [-0.1, -0.05) is 6.58 Å². The van der Waals surface area contributed by atoms with Gasteiger partial charge in [0.25, 0.3) is 0 Å². The van der Waals surface area contributed by atoms with Crippen molar-refractivity contribution in [2.45, 2.75) is 6.92 Å². The fourth-order valence-electron chi connectivity index (χ4n) is 0.270. The van der Waals surface area contributed by atoms with Crippen LogP contribution in [0.3, 0.4) is 0 Å². The second-order valence-electron chi connectivity index (χ2n) is 1.56. The third-order valence-corrected chi connectivity index (χ3v) is 0.800. The number of nitrogens with zero attached hydrogens (tertiary/aromatic N) is 2. The Kier molecular flexibility index (Phi) is 4.59. The van der Waals surface area contributed by atoms with Crippen LogP contribution >= 0.6 is 0 Å². The zero-order valence-electron chi connectivity index (χ0n) is 5.96. The Balaban J connectivity index is 3.31. The number of rotatable bonds is 4. The molecule has 0 aliphatic carbocycles. The SMILES string of the molecule is C=CN(C)/N=C\NCC. The van der Waals surface area contributed by atoms with Crippen molar-refractivity contribution < 1.29 is 0 Å². The molecule has 0 aromatic heterocycles. The maximum Gasteiger partial charge on any atom is 0.109 e. The zero-order valence-corrected chi connectivity index (χ0v) is 5.96. The summed E-state index contributed by atoms with van der Waals surface area (Å²) in [5.74, 6) is 0. The monoisotopic (exact) mass is 127 g/mol. The lowest BCUT2D eigenvalue weighted by Crippen LogP contribution is -2.12. The van der Waals surface area contributed by atoms with Gasteiger partial charge in [-0.05, 0) is 6.92 Å². The molecule has 0 radical (unpaired) electrons. The van der Waals surface area contributed by atoms with Crippen LogP contribution in [-0.2, 0) is 0 Å². The van der Waals surface area contributed by atoms with E-state index in [1.54, 1.807) is 17.5 Å². The Hall–Kier alpha value is -0.990. The largest absolute Gasteiger partial charge is 0.375 e. The van der Waals surface area contributed by atoms with Crippen molar-refractivity contribution in [1.29, 1.82) is 0 Å². The second-order valence-corrected chi connectivity index (χ2v) is 1.56. The minimum Gasteiger partial charge on any atom is -0.375 e. The molecule has 0 fully saturated rings. The van der Waals surface area contributed by atoms with E-state index in [1.165, 1.54) is 0 Å². The van der Waals surface area contributed by atoms with Crippen molar-refractivity contribution in [3.8, 4) is 0 Å². The fraction of sp³-hybridized carbons (Fsp3) is 0.500. The van der Waals surface area contributed by atoms with Crippen molar-refractivity contribution >= 4 is 6.34 Å². The van der Waals surface area contributed by atoms with Gasteiger partial charge in [-0.2, -0.15) is 5.10 Å². The molecule has 0 aliphatic heterocycles. The summed E-state index contributed by atoms with van der Waals surface area (Å²) in [6.45, 7) is 6.43. The predicted molar refractivity (Wildman–Crippen MR) is 40.1 cm³/mol. The molecule has 9 heavy (non-hydrogen) atoms.